The monoisotopic (exact) mass is 400 g/mol. The first-order chi connectivity index (χ1) is 12.0. The molecule has 1 N–H and O–H groups in total. The van der Waals surface area contributed by atoms with Gasteiger partial charge in [-0.2, -0.15) is 0 Å². The van der Waals surface area contributed by atoms with E-state index in [1.165, 1.54) is 11.3 Å². The molecule has 1 aliphatic heterocycles. The Labute approximate surface area is 155 Å². The second-order valence-electron chi connectivity index (χ2n) is 8.02. The van der Waals surface area contributed by atoms with Gasteiger partial charge >= 0.3 is 0 Å². The van der Waals surface area contributed by atoms with Crippen LogP contribution in [0.3, 0.4) is 0 Å². The lowest BCUT2D eigenvalue weighted by Gasteiger charge is -2.37. The summed E-state index contributed by atoms with van der Waals surface area (Å²) in [6.45, 7) is 4.34. The highest BCUT2D eigenvalue weighted by molar-refractivity contribution is 9.10. The highest BCUT2D eigenvalue weighted by atomic mass is 79.9. The number of halogens is 1. The summed E-state index contributed by atoms with van der Waals surface area (Å²) in [5.41, 5.74) is 3.22. The first-order valence-electron chi connectivity index (χ1n) is 9.01. The number of hydrogen-bond donors (Lipinski definition) is 1. The van der Waals surface area contributed by atoms with Crippen molar-refractivity contribution in [3.05, 3.63) is 39.9 Å². The van der Waals surface area contributed by atoms with Crippen LogP contribution in [0.15, 0.2) is 28.8 Å². The zero-order valence-electron chi connectivity index (χ0n) is 14.3. The summed E-state index contributed by atoms with van der Waals surface area (Å²) in [7, 11) is 0. The number of rotatable bonds is 3. The third-order valence-corrected chi connectivity index (χ3v) is 7.88. The summed E-state index contributed by atoms with van der Waals surface area (Å²) >= 11 is 3.57. The van der Waals surface area contributed by atoms with E-state index < -0.39 is 0 Å². The second kappa shape index (κ2) is 5.19. The Morgan fingerprint density at radius 1 is 1.04 bits per heavy atom. The minimum atomic E-state index is -0.110. The molecule has 0 radical (unpaired) electrons. The van der Waals surface area contributed by atoms with Crippen molar-refractivity contribution in [1.29, 1.82) is 0 Å². The molecule has 0 aromatic heterocycles. The minimum Gasteiger partial charge on any atom is -0.367 e. The number of carbonyl (C=O) groups excluding carboxylic acids is 2. The molecule has 25 heavy (non-hydrogen) atoms. The number of benzene rings is 1. The molecule has 1 aromatic rings. The number of hydrogen-bond acceptors (Lipinski definition) is 3. The number of anilines is 1. The molecule has 1 heterocycles. The maximum Gasteiger partial charge on any atom is 0.235 e. The maximum atomic E-state index is 12.9. The minimum absolute atomic E-state index is 0.0257. The van der Waals surface area contributed by atoms with Crippen molar-refractivity contribution < 1.29 is 9.59 Å². The number of aryl methyl sites for hydroxylation is 2. The average molecular weight is 401 g/mol. The molecule has 0 unspecified atom stereocenters. The van der Waals surface area contributed by atoms with Gasteiger partial charge in [-0.3, -0.25) is 14.5 Å². The fraction of sp³-hybridized carbons (Fsp3) is 0.500. The van der Waals surface area contributed by atoms with E-state index in [1.54, 1.807) is 0 Å². The van der Waals surface area contributed by atoms with Crippen molar-refractivity contribution in [2.24, 2.45) is 35.5 Å². The van der Waals surface area contributed by atoms with Crippen molar-refractivity contribution in [3.63, 3.8) is 0 Å². The van der Waals surface area contributed by atoms with Crippen LogP contribution in [-0.4, -0.2) is 23.4 Å². The number of nitrogens with zero attached hydrogens (tertiary/aromatic N) is 1. The van der Waals surface area contributed by atoms with E-state index in [0.717, 1.165) is 21.3 Å². The molecule has 5 aliphatic rings. The molecule has 0 spiro atoms. The number of likely N-dealkylation sites (tertiary alicyclic amines) is 1. The Morgan fingerprint density at radius 3 is 2.08 bits per heavy atom. The summed E-state index contributed by atoms with van der Waals surface area (Å²) in [6, 6.07) is 4.07. The predicted octanol–water partition coefficient (Wildman–Crippen LogP) is 3.49. The van der Waals surface area contributed by atoms with Gasteiger partial charge in [-0.1, -0.05) is 28.1 Å². The molecule has 3 fully saturated rings. The van der Waals surface area contributed by atoms with Crippen molar-refractivity contribution in [2.75, 3.05) is 12.0 Å². The highest BCUT2D eigenvalue weighted by Gasteiger charge is 2.66. The Bertz CT molecular complexity index is 774. The third-order valence-electron chi connectivity index (χ3n) is 6.63. The van der Waals surface area contributed by atoms with Crippen molar-refractivity contribution in [2.45, 2.75) is 20.3 Å². The Balaban J connectivity index is 1.36. The molecule has 6 atom stereocenters. The smallest absolute Gasteiger partial charge is 0.235 e. The largest absolute Gasteiger partial charge is 0.367 e. The van der Waals surface area contributed by atoms with Gasteiger partial charge in [-0.05, 0) is 67.2 Å². The molecular weight excluding hydrogens is 380 g/mol. The summed E-state index contributed by atoms with van der Waals surface area (Å²) < 4.78 is 1.10. The van der Waals surface area contributed by atoms with E-state index in [4.69, 9.17) is 0 Å². The molecule has 1 aromatic carbocycles. The van der Waals surface area contributed by atoms with Crippen molar-refractivity contribution in [1.82, 2.24) is 4.90 Å². The van der Waals surface area contributed by atoms with E-state index >= 15 is 0 Å². The summed E-state index contributed by atoms with van der Waals surface area (Å²) in [6.07, 6.45) is 5.62. The fourth-order valence-electron chi connectivity index (χ4n) is 5.39. The quantitative estimate of drug-likeness (QED) is 0.623. The van der Waals surface area contributed by atoms with Gasteiger partial charge in [0, 0.05) is 10.2 Å². The topological polar surface area (TPSA) is 49.4 Å². The summed E-state index contributed by atoms with van der Waals surface area (Å²) in [4.78, 5) is 27.3. The summed E-state index contributed by atoms with van der Waals surface area (Å²) in [5.74, 6) is 1.71. The van der Waals surface area contributed by atoms with Crippen LogP contribution < -0.4 is 5.32 Å². The van der Waals surface area contributed by atoms with E-state index in [-0.39, 0.29) is 30.3 Å². The van der Waals surface area contributed by atoms with Crippen LogP contribution in [0.1, 0.15) is 17.5 Å². The third kappa shape index (κ3) is 2.11. The second-order valence-corrected chi connectivity index (χ2v) is 8.81. The van der Waals surface area contributed by atoms with Gasteiger partial charge in [-0.15, -0.1) is 0 Å². The molecule has 4 nitrogen and oxygen atoms in total. The lowest BCUT2D eigenvalue weighted by Crippen LogP contribution is -2.40. The van der Waals surface area contributed by atoms with Crippen LogP contribution >= 0.6 is 15.9 Å². The van der Waals surface area contributed by atoms with Crippen LogP contribution in [0.4, 0.5) is 5.69 Å². The normalized spacial score (nSPS) is 37.3. The average Bonchev–Trinajstić information content (AvgIpc) is 3.37. The van der Waals surface area contributed by atoms with Crippen molar-refractivity contribution in [3.8, 4) is 0 Å². The molecule has 2 bridgehead atoms. The first-order valence-corrected chi connectivity index (χ1v) is 9.81. The first kappa shape index (κ1) is 15.6. The van der Waals surface area contributed by atoms with Gasteiger partial charge < -0.3 is 5.32 Å². The SMILES string of the molecule is Cc1cc(NCN2C(=O)[C@@H]3[C@@H]4C=C[C@H]([C@@H]5C[C@@H]45)[C@H]3C2=O)cc(C)c1Br. The van der Waals surface area contributed by atoms with Gasteiger partial charge in [0.05, 0.1) is 18.5 Å². The lowest BCUT2D eigenvalue weighted by atomic mass is 9.63. The predicted molar refractivity (Wildman–Crippen MR) is 98.7 cm³/mol. The lowest BCUT2D eigenvalue weighted by molar-refractivity contribution is -0.139. The molecular formula is C20H21BrN2O2. The maximum absolute atomic E-state index is 12.9. The molecule has 2 amide bonds. The Morgan fingerprint density at radius 2 is 1.56 bits per heavy atom. The Kier molecular flexibility index (Phi) is 3.25. The van der Waals surface area contributed by atoms with E-state index in [0.29, 0.717) is 23.7 Å². The standard InChI is InChI=1S/C20H21BrN2O2/c1-9-5-11(6-10(2)18(9)21)22-8-23-19(24)16-12-3-4-13(15-7-14(12)15)17(16)20(23)25/h3-6,12-17,22H,7-8H2,1-2H3/t12-,13-,14+,15+,16-,17-/m1/s1. The highest BCUT2D eigenvalue weighted by Crippen LogP contribution is 2.65. The summed E-state index contributed by atoms with van der Waals surface area (Å²) in [5, 5.41) is 3.28. The number of carbonyl (C=O) groups is 2. The van der Waals surface area contributed by atoms with Crippen LogP contribution in [-0.2, 0) is 9.59 Å². The van der Waals surface area contributed by atoms with Gasteiger partial charge in [0.15, 0.2) is 0 Å². The van der Waals surface area contributed by atoms with Gasteiger partial charge in [0.2, 0.25) is 11.8 Å². The van der Waals surface area contributed by atoms with Crippen LogP contribution in [0, 0.1) is 49.4 Å². The van der Waals surface area contributed by atoms with Gasteiger partial charge in [0.1, 0.15) is 0 Å². The molecule has 5 heteroatoms. The zero-order chi connectivity index (χ0) is 17.5. The van der Waals surface area contributed by atoms with E-state index in [9.17, 15) is 9.59 Å². The Hall–Kier alpha value is -1.62. The van der Waals surface area contributed by atoms with Crippen LogP contribution in [0.25, 0.3) is 0 Å². The fourth-order valence-corrected chi connectivity index (χ4v) is 5.62. The van der Waals surface area contributed by atoms with E-state index in [1.807, 2.05) is 26.0 Å². The number of imide groups is 1. The number of allylic oxidation sites excluding steroid dienone is 2. The van der Waals surface area contributed by atoms with Crippen LogP contribution in [0.2, 0.25) is 0 Å². The molecule has 4 aliphatic carbocycles. The number of nitrogens with one attached hydrogen (secondary N) is 1. The van der Waals surface area contributed by atoms with Gasteiger partial charge in [0.25, 0.3) is 0 Å². The molecule has 6 rings (SSSR count). The van der Waals surface area contributed by atoms with Crippen molar-refractivity contribution >= 4 is 33.4 Å². The zero-order valence-corrected chi connectivity index (χ0v) is 15.9. The van der Waals surface area contributed by atoms with E-state index in [2.05, 4.69) is 33.4 Å². The molecule has 2 saturated carbocycles. The number of amides is 2. The van der Waals surface area contributed by atoms with Crippen LogP contribution in [0.5, 0.6) is 0 Å². The molecule has 130 valence electrons. The molecule has 1 saturated heterocycles. The van der Waals surface area contributed by atoms with Gasteiger partial charge in [-0.25, -0.2) is 0 Å².